The highest BCUT2D eigenvalue weighted by Crippen LogP contribution is 2.12. The van der Waals surface area contributed by atoms with Crippen molar-refractivity contribution in [1.82, 2.24) is 5.32 Å². The molecule has 1 heterocycles. The lowest BCUT2D eigenvalue weighted by molar-refractivity contribution is 0.0926. The first-order valence-electron chi connectivity index (χ1n) is 5.44. The lowest BCUT2D eigenvalue weighted by Crippen LogP contribution is -2.25. The average molecular weight is 268 g/mol. The second-order valence-corrected chi connectivity index (χ2v) is 4.07. The fourth-order valence-electron chi connectivity index (χ4n) is 1.54. The molecular weight excluding hydrogens is 257 g/mol. The summed E-state index contributed by atoms with van der Waals surface area (Å²) in [6.45, 7) is 0.331. The number of rotatable bonds is 4. The molecule has 0 fully saturated rings. The Kier molecular flexibility index (Phi) is 3.99. The number of amides is 1. The van der Waals surface area contributed by atoms with Crippen molar-refractivity contribution in [3.05, 3.63) is 58.8 Å². The van der Waals surface area contributed by atoms with Crippen molar-refractivity contribution in [3.63, 3.8) is 0 Å². The topological polar surface area (TPSA) is 42.2 Å². The summed E-state index contributed by atoms with van der Waals surface area (Å²) in [4.78, 5) is 11.6. The van der Waals surface area contributed by atoms with Gasteiger partial charge in [0.2, 0.25) is 0 Å². The van der Waals surface area contributed by atoms with Gasteiger partial charge in [-0.3, -0.25) is 4.79 Å². The van der Waals surface area contributed by atoms with E-state index in [-0.39, 0.29) is 22.7 Å². The monoisotopic (exact) mass is 267 g/mol. The second-order valence-electron chi connectivity index (χ2n) is 3.70. The fourth-order valence-corrected chi connectivity index (χ4v) is 1.68. The van der Waals surface area contributed by atoms with Crippen LogP contribution in [0.3, 0.4) is 0 Å². The predicted octanol–water partition coefficient (Wildman–Crippen LogP) is 3.04. The molecule has 1 amide bonds. The molecule has 18 heavy (non-hydrogen) atoms. The Balaban J connectivity index is 1.86. The molecule has 0 aliphatic heterocycles. The molecule has 5 heteroatoms. The molecule has 2 aromatic rings. The number of carbonyl (C=O) groups excluding carboxylic acids is 1. The summed E-state index contributed by atoms with van der Waals surface area (Å²) in [5.74, 6) is -0.487. The van der Waals surface area contributed by atoms with Crippen molar-refractivity contribution in [2.75, 3.05) is 6.54 Å². The summed E-state index contributed by atoms with van der Waals surface area (Å²) in [6, 6.07) is 9.44. The van der Waals surface area contributed by atoms with Crippen LogP contribution in [0.15, 0.2) is 40.8 Å². The minimum atomic E-state index is -0.363. The van der Waals surface area contributed by atoms with Gasteiger partial charge in [0.05, 0.1) is 0 Å². The fraction of sp³-hybridized carbons (Fsp3) is 0.154. The lowest BCUT2D eigenvalue weighted by Gasteiger charge is -2.04. The third-order valence-electron chi connectivity index (χ3n) is 2.43. The van der Waals surface area contributed by atoms with Gasteiger partial charge in [-0.1, -0.05) is 18.2 Å². The summed E-state index contributed by atoms with van der Waals surface area (Å²) in [5.41, 5.74) is 0.565. The van der Waals surface area contributed by atoms with Crippen LogP contribution in [-0.2, 0) is 6.42 Å². The summed E-state index contributed by atoms with van der Waals surface area (Å²) in [5, 5.41) is 2.79. The van der Waals surface area contributed by atoms with E-state index in [2.05, 4.69) is 5.32 Å². The Morgan fingerprint density at radius 1 is 1.28 bits per heavy atom. The molecule has 94 valence electrons. The Hall–Kier alpha value is -1.81. The van der Waals surface area contributed by atoms with Crippen molar-refractivity contribution in [2.45, 2.75) is 6.42 Å². The SMILES string of the molecule is O=C(NCCc1ccccc1F)c1ccc(Cl)o1. The van der Waals surface area contributed by atoms with Gasteiger partial charge in [-0.25, -0.2) is 4.39 Å². The van der Waals surface area contributed by atoms with E-state index in [1.165, 1.54) is 18.2 Å². The van der Waals surface area contributed by atoms with Crippen LogP contribution in [0.5, 0.6) is 0 Å². The summed E-state index contributed by atoms with van der Waals surface area (Å²) < 4.78 is 18.2. The molecule has 0 spiro atoms. The maximum absolute atomic E-state index is 13.3. The summed E-state index contributed by atoms with van der Waals surface area (Å²) >= 11 is 5.56. The van der Waals surface area contributed by atoms with E-state index in [9.17, 15) is 9.18 Å². The van der Waals surface area contributed by atoms with Crippen LogP contribution in [0.1, 0.15) is 16.1 Å². The first-order valence-corrected chi connectivity index (χ1v) is 5.81. The molecule has 0 aliphatic rings. The Morgan fingerprint density at radius 2 is 2.06 bits per heavy atom. The van der Waals surface area contributed by atoms with Crippen molar-refractivity contribution in [3.8, 4) is 0 Å². The van der Waals surface area contributed by atoms with Gasteiger partial charge in [0.15, 0.2) is 11.0 Å². The highest BCUT2D eigenvalue weighted by molar-refractivity contribution is 6.29. The first-order chi connectivity index (χ1) is 8.66. The number of hydrogen-bond acceptors (Lipinski definition) is 2. The third-order valence-corrected chi connectivity index (χ3v) is 2.64. The minimum Gasteiger partial charge on any atom is -0.440 e. The number of furan rings is 1. The molecule has 0 atom stereocenters. The molecule has 1 N–H and O–H groups in total. The molecule has 0 saturated carbocycles. The van der Waals surface area contributed by atoms with Gasteiger partial charge in [-0.2, -0.15) is 0 Å². The number of halogens is 2. The van der Waals surface area contributed by atoms with E-state index in [4.69, 9.17) is 16.0 Å². The highest BCUT2D eigenvalue weighted by atomic mass is 35.5. The molecule has 1 aromatic heterocycles. The maximum Gasteiger partial charge on any atom is 0.287 e. The Bertz CT molecular complexity index is 553. The van der Waals surface area contributed by atoms with Crippen molar-refractivity contribution >= 4 is 17.5 Å². The van der Waals surface area contributed by atoms with Crippen LogP contribution in [0.4, 0.5) is 4.39 Å². The van der Waals surface area contributed by atoms with Gasteiger partial charge >= 0.3 is 0 Å². The van der Waals surface area contributed by atoms with Crippen molar-refractivity contribution < 1.29 is 13.6 Å². The molecule has 1 aromatic carbocycles. The van der Waals surface area contributed by atoms with Crippen LogP contribution in [0, 0.1) is 5.82 Å². The van der Waals surface area contributed by atoms with Crippen LogP contribution in [-0.4, -0.2) is 12.5 Å². The standard InChI is InChI=1S/C13H11ClFNO2/c14-12-6-5-11(18-12)13(17)16-8-7-9-3-1-2-4-10(9)15/h1-6H,7-8H2,(H,16,17). The predicted molar refractivity (Wildman–Crippen MR) is 66.2 cm³/mol. The lowest BCUT2D eigenvalue weighted by atomic mass is 10.1. The van der Waals surface area contributed by atoms with Gasteiger partial charge in [0.25, 0.3) is 5.91 Å². The van der Waals surface area contributed by atoms with Crippen LogP contribution >= 0.6 is 11.6 Å². The zero-order chi connectivity index (χ0) is 13.0. The van der Waals surface area contributed by atoms with E-state index >= 15 is 0 Å². The van der Waals surface area contributed by atoms with Gasteiger partial charge in [0, 0.05) is 6.54 Å². The summed E-state index contributed by atoms with van der Waals surface area (Å²) in [7, 11) is 0. The molecular formula is C13H11ClFNO2. The Morgan fingerprint density at radius 3 is 2.72 bits per heavy atom. The second kappa shape index (κ2) is 5.69. The third kappa shape index (κ3) is 3.11. The van der Waals surface area contributed by atoms with Crippen molar-refractivity contribution in [2.24, 2.45) is 0 Å². The largest absolute Gasteiger partial charge is 0.440 e. The van der Waals surface area contributed by atoms with Crippen LogP contribution in [0.2, 0.25) is 5.22 Å². The quantitative estimate of drug-likeness (QED) is 0.925. The molecule has 0 aliphatic carbocycles. The van der Waals surface area contributed by atoms with Gasteiger partial charge in [0.1, 0.15) is 5.82 Å². The highest BCUT2D eigenvalue weighted by Gasteiger charge is 2.10. The zero-order valence-electron chi connectivity index (χ0n) is 9.45. The number of carbonyl (C=O) groups is 1. The van der Waals surface area contributed by atoms with E-state index in [0.29, 0.717) is 18.5 Å². The molecule has 0 radical (unpaired) electrons. The van der Waals surface area contributed by atoms with E-state index in [1.54, 1.807) is 18.2 Å². The minimum absolute atomic E-state index is 0.147. The Labute approximate surface area is 109 Å². The molecule has 0 unspecified atom stereocenters. The van der Waals surface area contributed by atoms with Gasteiger partial charge < -0.3 is 9.73 Å². The number of hydrogen-bond donors (Lipinski definition) is 1. The normalized spacial score (nSPS) is 10.3. The number of benzene rings is 1. The summed E-state index contributed by atoms with van der Waals surface area (Å²) in [6.07, 6.45) is 0.423. The molecule has 0 saturated heterocycles. The maximum atomic E-state index is 13.3. The molecule has 3 nitrogen and oxygen atoms in total. The van der Waals surface area contributed by atoms with E-state index in [1.807, 2.05) is 0 Å². The van der Waals surface area contributed by atoms with Crippen molar-refractivity contribution in [1.29, 1.82) is 0 Å². The molecule has 0 bridgehead atoms. The van der Waals surface area contributed by atoms with Gasteiger partial charge in [-0.05, 0) is 41.8 Å². The smallest absolute Gasteiger partial charge is 0.287 e. The van der Waals surface area contributed by atoms with Gasteiger partial charge in [-0.15, -0.1) is 0 Å². The molecule has 2 rings (SSSR count). The van der Waals surface area contributed by atoms with E-state index < -0.39 is 0 Å². The average Bonchev–Trinajstić information content (AvgIpc) is 2.78. The van der Waals surface area contributed by atoms with Crippen LogP contribution in [0.25, 0.3) is 0 Å². The van der Waals surface area contributed by atoms with E-state index in [0.717, 1.165) is 0 Å². The van der Waals surface area contributed by atoms with Crippen LogP contribution < -0.4 is 5.32 Å². The zero-order valence-corrected chi connectivity index (χ0v) is 10.2. The first kappa shape index (κ1) is 12.6. The number of nitrogens with one attached hydrogen (secondary N) is 1.